The van der Waals surface area contributed by atoms with Gasteiger partial charge in [0, 0.05) is 16.0 Å². The molecule has 1 N–H and O–H groups in total. The lowest BCUT2D eigenvalue weighted by molar-refractivity contribution is -0.139. The summed E-state index contributed by atoms with van der Waals surface area (Å²) in [5.74, 6) is -0.665. The lowest BCUT2D eigenvalue weighted by Gasteiger charge is -2.18. The van der Waals surface area contributed by atoms with Gasteiger partial charge in [-0.2, -0.15) is 0 Å². The first-order valence-electron chi connectivity index (χ1n) is 9.35. The van der Waals surface area contributed by atoms with Crippen LogP contribution in [0.2, 0.25) is 0 Å². The first-order chi connectivity index (χ1) is 14.4. The summed E-state index contributed by atoms with van der Waals surface area (Å²) in [4.78, 5) is 16.2. The Balaban J connectivity index is 1.59. The molecule has 0 saturated carbocycles. The number of hydrogen-bond donors (Lipinski definition) is 1. The Labute approximate surface area is 178 Å². The van der Waals surface area contributed by atoms with Gasteiger partial charge in [0.1, 0.15) is 5.75 Å². The van der Waals surface area contributed by atoms with Gasteiger partial charge in [0.05, 0.1) is 11.4 Å². The third kappa shape index (κ3) is 4.29. The maximum absolute atomic E-state index is 12.8. The van der Waals surface area contributed by atoms with E-state index in [0.29, 0.717) is 24.3 Å². The Morgan fingerprint density at radius 2 is 1.93 bits per heavy atom. The van der Waals surface area contributed by atoms with Crippen LogP contribution in [0.15, 0.2) is 58.9 Å². The highest BCUT2D eigenvalue weighted by Crippen LogP contribution is 2.41. The number of rotatable bonds is 7. The minimum absolute atomic E-state index is 0.106. The topological polar surface area (TPSA) is 93.6 Å². The number of nitrogens with zero attached hydrogens (tertiary/aromatic N) is 1. The average Bonchev–Trinajstić information content (AvgIpc) is 3.19. The molecule has 0 fully saturated rings. The standard InChI is InChI=1S/C22H19NO5S2/c24-20(25)14-28-18-10-4-9-17-16(18)11-12-19-21(17)23-22(29-19)30(26,27)13-5-8-15-6-2-1-3-7-15/h1-10H,11-14H2,(H,24,25). The number of fused-ring (bicyclic) bond motifs is 3. The van der Waals surface area contributed by atoms with Crippen molar-refractivity contribution in [2.75, 3.05) is 12.4 Å². The summed E-state index contributed by atoms with van der Waals surface area (Å²) in [6, 6.07) is 14.9. The SMILES string of the molecule is O=C(O)COc1cccc2c1CCc1sc(S(=O)(=O)CC=Cc3ccccc3)nc1-2. The molecule has 0 unspecified atom stereocenters. The lowest BCUT2D eigenvalue weighted by Crippen LogP contribution is -2.12. The highest BCUT2D eigenvalue weighted by molar-refractivity contribution is 7.93. The maximum atomic E-state index is 12.8. The number of benzene rings is 2. The molecule has 3 aromatic rings. The number of aromatic nitrogens is 1. The largest absolute Gasteiger partial charge is 0.482 e. The molecule has 1 aromatic heterocycles. The van der Waals surface area contributed by atoms with Gasteiger partial charge in [-0.3, -0.25) is 0 Å². The fourth-order valence-electron chi connectivity index (χ4n) is 3.35. The van der Waals surface area contributed by atoms with Crippen LogP contribution in [0.3, 0.4) is 0 Å². The lowest BCUT2D eigenvalue weighted by atomic mass is 9.93. The molecule has 0 spiro atoms. The van der Waals surface area contributed by atoms with E-state index in [1.54, 1.807) is 24.3 Å². The number of carbonyl (C=O) groups is 1. The number of hydrogen-bond acceptors (Lipinski definition) is 6. The van der Waals surface area contributed by atoms with Crippen LogP contribution in [0.5, 0.6) is 5.75 Å². The third-order valence-corrected chi connectivity index (χ3v) is 7.89. The molecule has 154 valence electrons. The van der Waals surface area contributed by atoms with Gasteiger partial charge in [-0.25, -0.2) is 18.2 Å². The summed E-state index contributed by atoms with van der Waals surface area (Å²) in [6.45, 7) is -0.423. The minimum Gasteiger partial charge on any atom is -0.482 e. The second-order valence-corrected chi connectivity index (χ2v) is 10.1. The molecule has 0 bridgehead atoms. The van der Waals surface area contributed by atoms with E-state index < -0.39 is 22.4 Å². The van der Waals surface area contributed by atoms with E-state index in [4.69, 9.17) is 9.84 Å². The highest BCUT2D eigenvalue weighted by atomic mass is 32.2. The molecule has 2 aromatic carbocycles. The van der Waals surface area contributed by atoms with Crippen molar-refractivity contribution < 1.29 is 23.1 Å². The Bertz CT molecular complexity index is 1210. The zero-order valence-corrected chi connectivity index (χ0v) is 17.6. The van der Waals surface area contributed by atoms with E-state index in [0.717, 1.165) is 21.6 Å². The zero-order chi connectivity index (χ0) is 21.1. The summed E-state index contributed by atoms with van der Waals surface area (Å²) < 4.78 is 31.1. The number of thiazole rings is 1. The van der Waals surface area contributed by atoms with Gasteiger partial charge >= 0.3 is 5.97 Å². The van der Waals surface area contributed by atoms with Crippen molar-refractivity contribution in [2.24, 2.45) is 0 Å². The van der Waals surface area contributed by atoms with Crippen LogP contribution in [0.4, 0.5) is 0 Å². The van der Waals surface area contributed by atoms with Crippen molar-refractivity contribution >= 4 is 33.2 Å². The van der Waals surface area contributed by atoms with Crippen LogP contribution in [0.1, 0.15) is 16.0 Å². The van der Waals surface area contributed by atoms with E-state index in [2.05, 4.69) is 4.98 Å². The second-order valence-electron chi connectivity index (χ2n) is 6.81. The van der Waals surface area contributed by atoms with Crippen molar-refractivity contribution in [1.29, 1.82) is 0 Å². The van der Waals surface area contributed by atoms with Gasteiger partial charge < -0.3 is 9.84 Å². The number of aliphatic carboxylic acids is 1. The van der Waals surface area contributed by atoms with Crippen LogP contribution in [0, 0.1) is 0 Å². The Morgan fingerprint density at radius 1 is 1.13 bits per heavy atom. The molecular weight excluding hydrogens is 422 g/mol. The van der Waals surface area contributed by atoms with Crippen molar-refractivity contribution in [3.05, 3.63) is 70.6 Å². The van der Waals surface area contributed by atoms with Crippen LogP contribution in [-0.4, -0.2) is 36.8 Å². The molecule has 1 heterocycles. The molecule has 0 atom stereocenters. The number of aryl methyl sites for hydroxylation is 1. The van der Waals surface area contributed by atoms with E-state index >= 15 is 0 Å². The van der Waals surface area contributed by atoms with Gasteiger partial charge in [-0.1, -0.05) is 54.6 Å². The summed E-state index contributed by atoms with van der Waals surface area (Å²) in [7, 11) is -3.55. The predicted octanol–water partition coefficient (Wildman–Crippen LogP) is 3.86. The molecule has 6 nitrogen and oxygen atoms in total. The van der Waals surface area contributed by atoms with E-state index in [-0.39, 0.29) is 10.1 Å². The van der Waals surface area contributed by atoms with Gasteiger partial charge in [-0.15, -0.1) is 11.3 Å². The van der Waals surface area contributed by atoms with E-state index in [1.807, 2.05) is 36.4 Å². The van der Waals surface area contributed by atoms with Crippen molar-refractivity contribution in [3.8, 4) is 17.0 Å². The average molecular weight is 442 g/mol. The number of carboxylic acids is 1. The molecule has 0 radical (unpaired) electrons. The maximum Gasteiger partial charge on any atom is 0.341 e. The monoisotopic (exact) mass is 441 g/mol. The van der Waals surface area contributed by atoms with E-state index in [1.165, 1.54) is 11.3 Å². The minimum atomic E-state index is -3.55. The molecule has 0 saturated heterocycles. The fourth-order valence-corrected chi connectivity index (χ4v) is 5.89. The molecule has 0 aliphatic heterocycles. The van der Waals surface area contributed by atoms with E-state index in [9.17, 15) is 13.2 Å². The van der Waals surface area contributed by atoms with Gasteiger partial charge in [0.2, 0.25) is 14.2 Å². The van der Waals surface area contributed by atoms with Crippen LogP contribution >= 0.6 is 11.3 Å². The number of ether oxygens (including phenoxy) is 1. The molecule has 8 heteroatoms. The van der Waals surface area contributed by atoms with Gasteiger partial charge in [0.15, 0.2) is 6.61 Å². The number of sulfone groups is 1. The Kier molecular flexibility index (Phi) is 5.69. The summed E-state index contributed by atoms with van der Waals surface area (Å²) in [5, 5.41) is 8.87. The third-order valence-electron chi connectivity index (χ3n) is 4.71. The molecule has 4 rings (SSSR count). The summed E-state index contributed by atoms with van der Waals surface area (Å²) in [6.07, 6.45) is 4.71. The normalized spacial score (nSPS) is 13.1. The molecular formula is C22H19NO5S2. The van der Waals surface area contributed by atoms with Crippen LogP contribution in [0.25, 0.3) is 17.3 Å². The first-order valence-corrected chi connectivity index (χ1v) is 11.8. The highest BCUT2D eigenvalue weighted by Gasteiger charge is 2.27. The zero-order valence-electron chi connectivity index (χ0n) is 15.9. The van der Waals surface area contributed by atoms with Crippen molar-refractivity contribution in [1.82, 2.24) is 4.98 Å². The smallest absolute Gasteiger partial charge is 0.341 e. The van der Waals surface area contributed by atoms with Crippen LogP contribution in [-0.2, 0) is 27.5 Å². The molecule has 1 aliphatic rings. The molecule has 30 heavy (non-hydrogen) atoms. The fraction of sp³-hybridized carbons (Fsp3) is 0.182. The predicted molar refractivity (Wildman–Crippen MR) is 116 cm³/mol. The van der Waals surface area contributed by atoms with Crippen molar-refractivity contribution in [2.45, 2.75) is 17.2 Å². The van der Waals surface area contributed by atoms with Gasteiger partial charge in [-0.05, 0) is 24.5 Å². The Morgan fingerprint density at radius 3 is 2.70 bits per heavy atom. The Hall–Kier alpha value is -2.97. The summed E-state index contributed by atoms with van der Waals surface area (Å²) >= 11 is 1.21. The first kappa shape index (κ1) is 20.3. The molecule has 1 aliphatic carbocycles. The summed E-state index contributed by atoms with van der Waals surface area (Å²) in [5.41, 5.74) is 3.25. The second kappa shape index (κ2) is 8.41. The van der Waals surface area contributed by atoms with Crippen LogP contribution < -0.4 is 4.74 Å². The molecule has 0 amide bonds. The van der Waals surface area contributed by atoms with Crippen molar-refractivity contribution in [3.63, 3.8) is 0 Å². The number of carboxylic acid groups (broad SMARTS) is 1. The quantitative estimate of drug-likeness (QED) is 0.598. The van der Waals surface area contributed by atoms with Gasteiger partial charge in [0.25, 0.3) is 0 Å².